The fourth-order valence-corrected chi connectivity index (χ4v) is 2.79. The zero-order valence-electron chi connectivity index (χ0n) is 11.4. The van der Waals surface area contributed by atoms with Crippen LogP contribution in [0.15, 0.2) is 30.3 Å². The summed E-state index contributed by atoms with van der Waals surface area (Å²) in [5, 5.41) is 4.68. The minimum atomic E-state index is 0.362. The number of methoxy groups -OCH3 is 1. The second-order valence-corrected chi connectivity index (χ2v) is 5.12. The number of hydrogen-bond acceptors (Lipinski definition) is 3. The van der Waals surface area contributed by atoms with Crippen molar-refractivity contribution in [2.75, 3.05) is 13.7 Å². The molecule has 100 valence electrons. The van der Waals surface area contributed by atoms with Crippen LogP contribution in [0.25, 0.3) is 10.9 Å². The molecule has 1 N–H and O–H groups in total. The third kappa shape index (κ3) is 2.56. The molecule has 2 aromatic rings. The Bertz CT molecular complexity index is 560. The van der Waals surface area contributed by atoms with Crippen LogP contribution < -0.4 is 10.1 Å². The monoisotopic (exact) mass is 256 g/mol. The Balaban J connectivity index is 2.03. The first kappa shape index (κ1) is 12.4. The van der Waals surface area contributed by atoms with Gasteiger partial charge in [-0.25, -0.2) is 0 Å². The molecule has 1 aromatic carbocycles. The number of nitrogens with one attached hydrogen (secondary N) is 1. The van der Waals surface area contributed by atoms with Gasteiger partial charge in [0.1, 0.15) is 5.75 Å². The van der Waals surface area contributed by atoms with E-state index in [1.54, 1.807) is 7.11 Å². The smallest absolute Gasteiger partial charge is 0.130 e. The topological polar surface area (TPSA) is 34.1 Å². The molecule has 0 radical (unpaired) electrons. The summed E-state index contributed by atoms with van der Waals surface area (Å²) in [6.45, 7) is 1.08. The quantitative estimate of drug-likeness (QED) is 0.893. The molecule has 0 amide bonds. The van der Waals surface area contributed by atoms with Crippen LogP contribution in [-0.2, 0) is 0 Å². The first-order chi connectivity index (χ1) is 9.38. The lowest BCUT2D eigenvalue weighted by Crippen LogP contribution is -2.21. The summed E-state index contributed by atoms with van der Waals surface area (Å²) < 4.78 is 5.52. The molecule has 3 heteroatoms. The maximum absolute atomic E-state index is 5.52. The molecule has 0 saturated carbocycles. The molecule has 19 heavy (non-hydrogen) atoms. The van der Waals surface area contributed by atoms with Crippen molar-refractivity contribution in [1.29, 1.82) is 0 Å². The molecule has 1 unspecified atom stereocenters. The Labute approximate surface area is 114 Å². The minimum Gasteiger partial charge on any atom is -0.496 e. The fourth-order valence-electron chi connectivity index (χ4n) is 2.79. The third-order valence-corrected chi connectivity index (χ3v) is 3.84. The van der Waals surface area contributed by atoms with Crippen LogP contribution in [0.4, 0.5) is 0 Å². The van der Waals surface area contributed by atoms with E-state index < -0.39 is 0 Å². The molecule has 1 fully saturated rings. The minimum absolute atomic E-state index is 0.362. The van der Waals surface area contributed by atoms with Gasteiger partial charge in [0, 0.05) is 17.5 Å². The molecule has 3 rings (SSSR count). The number of hydrogen-bond donors (Lipinski definition) is 1. The summed E-state index contributed by atoms with van der Waals surface area (Å²) >= 11 is 0. The maximum atomic E-state index is 5.52. The SMILES string of the molecule is COc1cc(C2CCCCCN2)nc2ccccc12. The van der Waals surface area contributed by atoms with Crippen LogP contribution in [0.3, 0.4) is 0 Å². The Kier molecular flexibility index (Phi) is 3.65. The lowest BCUT2D eigenvalue weighted by atomic mass is 10.1. The maximum Gasteiger partial charge on any atom is 0.130 e. The van der Waals surface area contributed by atoms with Crippen molar-refractivity contribution in [2.45, 2.75) is 31.7 Å². The molecule has 1 atom stereocenters. The summed E-state index contributed by atoms with van der Waals surface area (Å²) in [5.74, 6) is 0.923. The van der Waals surface area contributed by atoms with Crippen molar-refractivity contribution in [2.24, 2.45) is 0 Å². The summed E-state index contributed by atoms with van der Waals surface area (Å²) in [4.78, 5) is 4.81. The predicted octanol–water partition coefficient (Wildman–Crippen LogP) is 3.45. The van der Waals surface area contributed by atoms with E-state index in [0.29, 0.717) is 6.04 Å². The Hall–Kier alpha value is -1.61. The number of nitrogens with zero attached hydrogens (tertiary/aromatic N) is 1. The molecule has 0 bridgehead atoms. The van der Waals surface area contributed by atoms with Gasteiger partial charge in [0.25, 0.3) is 0 Å². The predicted molar refractivity (Wildman–Crippen MR) is 77.5 cm³/mol. The number of para-hydroxylation sites is 1. The molecule has 1 aliphatic rings. The van der Waals surface area contributed by atoms with Gasteiger partial charge in [-0.3, -0.25) is 4.98 Å². The number of benzene rings is 1. The molecule has 3 nitrogen and oxygen atoms in total. The number of aromatic nitrogens is 1. The Morgan fingerprint density at radius 2 is 2.11 bits per heavy atom. The van der Waals surface area contributed by atoms with Gasteiger partial charge in [0.05, 0.1) is 18.3 Å². The number of fused-ring (bicyclic) bond motifs is 1. The van der Waals surface area contributed by atoms with Gasteiger partial charge in [-0.1, -0.05) is 25.0 Å². The van der Waals surface area contributed by atoms with E-state index in [4.69, 9.17) is 9.72 Å². The van der Waals surface area contributed by atoms with Crippen molar-refractivity contribution < 1.29 is 4.74 Å². The molecule has 1 saturated heterocycles. The fraction of sp³-hybridized carbons (Fsp3) is 0.438. The molecular formula is C16H20N2O. The van der Waals surface area contributed by atoms with E-state index in [1.807, 2.05) is 12.1 Å². The van der Waals surface area contributed by atoms with Crippen molar-refractivity contribution in [3.05, 3.63) is 36.0 Å². The summed E-state index contributed by atoms with van der Waals surface area (Å²) in [6.07, 6.45) is 5.01. The van der Waals surface area contributed by atoms with Crippen LogP contribution in [0.5, 0.6) is 5.75 Å². The first-order valence-corrected chi connectivity index (χ1v) is 7.05. The standard InChI is InChI=1S/C16H20N2O/c1-19-16-11-15(14-9-3-2-6-10-17-14)18-13-8-5-4-7-12(13)16/h4-5,7-8,11,14,17H,2-3,6,9-10H2,1H3. The summed E-state index contributed by atoms with van der Waals surface area (Å²) in [6, 6.07) is 10.6. The van der Waals surface area contributed by atoms with Gasteiger partial charge >= 0.3 is 0 Å². The van der Waals surface area contributed by atoms with Crippen molar-refractivity contribution in [3.63, 3.8) is 0 Å². The normalized spacial score (nSPS) is 20.2. The second kappa shape index (κ2) is 5.57. The number of ether oxygens (including phenoxy) is 1. The Morgan fingerprint density at radius 3 is 3.00 bits per heavy atom. The highest BCUT2D eigenvalue weighted by Gasteiger charge is 2.17. The molecular weight excluding hydrogens is 236 g/mol. The van der Waals surface area contributed by atoms with E-state index in [9.17, 15) is 0 Å². The highest BCUT2D eigenvalue weighted by atomic mass is 16.5. The van der Waals surface area contributed by atoms with E-state index in [2.05, 4.69) is 23.5 Å². The van der Waals surface area contributed by atoms with E-state index in [1.165, 1.54) is 19.3 Å². The van der Waals surface area contributed by atoms with Gasteiger partial charge in [0.2, 0.25) is 0 Å². The summed E-state index contributed by atoms with van der Waals surface area (Å²) in [7, 11) is 1.73. The highest BCUT2D eigenvalue weighted by Crippen LogP contribution is 2.29. The zero-order valence-corrected chi connectivity index (χ0v) is 11.4. The van der Waals surface area contributed by atoms with Crippen molar-refractivity contribution in [3.8, 4) is 5.75 Å². The zero-order chi connectivity index (χ0) is 13.1. The molecule has 2 heterocycles. The second-order valence-electron chi connectivity index (χ2n) is 5.12. The van der Waals surface area contributed by atoms with E-state index in [0.717, 1.165) is 35.3 Å². The van der Waals surface area contributed by atoms with Crippen molar-refractivity contribution >= 4 is 10.9 Å². The molecule has 0 spiro atoms. The lowest BCUT2D eigenvalue weighted by Gasteiger charge is -2.17. The summed E-state index contributed by atoms with van der Waals surface area (Å²) in [5.41, 5.74) is 2.13. The van der Waals surface area contributed by atoms with Crippen LogP contribution >= 0.6 is 0 Å². The van der Waals surface area contributed by atoms with Gasteiger partial charge in [-0.05, 0) is 31.5 Å². The van der Waals surface area contributed by atoms with Crippen LogP contribution in [0, 0.1) is 0 Å². The molecule has 1 aromatic heterocycles. The van der Waals surface area contributed by atoms with Crippen molar-refractivity contribution in [1.82, 2.24) is 10.3 Å². The number of rotatable bonds is 2. The van der Waals surface area contributed by atoms with E-state index >= 15 is 0 Å². The number of pyridine rings is 1. The van der Waals surface area contributed by atoms with Gasteiger partial charge < -0.3 is 10.1 Å². The van der Waals surface area contributed by atoms with Crippen LogP contribution in [0.1, 0.15) is 37.4 Å². The largest absolute Gasteiger partial charge is 0.496 e. The first-order valence-electron chi connectivity index (χ1n) is 7.05. The average molecular weight is 256 g/mol. The van der Waals surface area contributed by atoms with Crippen LogP contribution in [0.2, 0.25) is 0 Å². The molecule has 0 aliphatic carbocycles. The highest BCUT2D eigenvalue weighted by molar-refractivity contribution is 5.85. The van der Waals surface area contributed by atoms with Gasteiger partial charge in [-0.2, -0.15) is 0 Å². The lowest BCUT2D eigenvalue weighted by molar-refractivity contribution is 0.417. The van der Waals surface area contributed by atoms with Gasteiger partial charge in [-0.15, -0.1) is 0 Å². The van der Waals surface area contributed by atoms with Crippen LogP contribution in [-0.4, -0.2) is 18.6 Å². The average Bonchev–Trinajstić information content (AvgIpc) is 2.75. The van der Waals surface area contributed by atoms with E-state index in [-0.39, 0.29) is 0 Å². The van der Waals surface area contributed by atoms with Gasteiger partial charge in [0.15, 0.2) is 0 Å². The molecule has 1 aliphatic heterocycles. The third-order valence-electron chi connectivity index (χ3n) is 3.84. The Morgan fingerprint density at radius 1 is 1.21 bits per heavy atom.